The molecule has 21 heavy (non-hydrogen) atoms. The average Bonchev–Trinajstić information content (AvgIpc) is 2.42. The highest BCUT2D eigenvalue weighted by Gasteiger charge is 2.25. The second kappa shape index (κ2) is 7.14. The van der Waals surface area contributed by atoms with E-state index in [2.05, 4.69) is 4.90 Å². The Labute approximate surface area is 130 Å². The van der Waals surface area contributed by atoms with Gasteiger partial charge in [0.25, 0.3) is 0 Å². The van der Waals surface area contributed by atoms with Crippen LogP contribution in [0.25, 0.3) is 0 Å². The summed E-state index contributed by atoms with van der Waals surface area (Å²) in [6.07, 6.45) is 1.79. The number of carboxylic acid groups (broad SMARTS) is 1. The van der Waals surface area contributed by atoms with Gasteiger partial charge in [-0.1, -0.05) is 17.7 Å². The van der Waals surface area contributed by atoms with Crippen LogP contribution < -0.4 is 4.74 Å². The van der Waals surface area contributed by atoms with Gasteiger partial charge in [-0.3, -0.25) is 9.69 Å². The molecular weight excluding hydrogens is 290 g/mol. The van der Waals surface area contributed by atoms with Crippen LogP contribution in [0.3, 0.4) is 0 Å². The minimum Gasteiger partial charge on any atom is -0.489 e. The van der Waals surface area contributed by atoms with Crippen molar-refractivity contribution in [2.45, 2.75) is 39.3 Å². The van der Waals surface area contributed by atoms with Gasteiger partial charge in [-0.2, -0.15) is 0 Å². The number of hydrogen-bond acceptors (Lipinski definition) is 3. The summed E-state index contributed by atoms with van der Waals surface area (Å²) in [5, 5.41) is 9.73. The molecule has 0 aromatic heterocycles. The SMILES string of the molecule is CC(C)Oc1ccc(CN2CCCC(C(=O)O)C2)cc1Cl. The standard InChI is InChI=1S/C16H22ClNO3/c1-11(2)21-15-6-5-12(8-14(15)17)9-18-7-3-4-13(10-18)16(19)20/h5-6,8,11,13H,3-4,7,9-10H2,1-2H3,(H,19,20). The molecule has 1 heterocycles. The van der Waals surface area contributed by atoms with E-state index < -0.39 is 5.97 Å². The van der Waals surface area contributed by atoms with Crippen molar-refractivity contribution in [2.75, 3.05) is 13.1 Å². The molecule has 0 saturated carbocycles. The van der Waals surface area contributed by atoms with Crippen molar-refractivity contribution >= 4 is 17.6 Å². The van der Waals surface area contributed by atoms with E-state index in [4.69, 9.17) is 21.4 Å². The van der Waals surface area contributed by atoms with E-state index in [1.165, 1.54) is 0 Å². The van der Waals surface area contributed by atoms with Crippen molar-refractivity contribution in [1.29, 1.82) is 0 Å². The quantitative estimate of drug-likeness (QED) is 0.905. The molecule has 0 aliphatic carbocycles. The Balaban J connectivity index is 1.99. The highest BCUT2D eigenvalue weighted by Crippen LogP contribution is 2.27. The number of hydrogen-bond donors (Lipinski definition) is 1. The number of likely N-dealkylation sites (tertiary alicyclic amines) is 1. The summed E-state index contributed by atoms with van der Waals surface area (Å²) in [5.41, 5.74) is 1.09. The lowest BCUT2D eigenvalue weighted by atomic mass is 9.98. The number of carbonyl (C=O) groups is 1. The van der Waals surface area contributed by atoms with Gasteiger partial charge in [0.2, 0.25) is 0 Å². The van der Waals surface area contributed by atoms with Gasteiger partial charge in [0.1, 0.15) is 5.75 Å². The largest absolute Gasteiger partial charge is 0.489 e. The Morgan fingerprint density at radius 1 is 1.52 bits per heavy atom. The Hall–Kier alpha value is -1.26. The van der Waals surface area contributed by atoms with Crippen molar-refractivity contribution in [1.82, 2.24) is 4.90 Å². The van der Waals surface area contributed by atoms with Crippen molar-refractivity contribution in [3.05, 3.63) is 28.8 Å². The van der Waals surface area contributed by atoms with Crippen molar-refractivity contribution in [2.24, 2.45) is 5.92 Å². The van der Waals surface area contributed by atoms with E-state index >= 15 is 0 Å². The first-order valence-electron chi connectivity index (χ1n) is 7.36. The molecule has 116 valence electrons. The zero-order valence-electron chi connectivity index (χ0n) is 12.5. The van der Waals surface area contributed by atoms with E-state index in [9.17, 15) is 4.79 Å². The maximum atomic E-state index is 11.1. The van der Waals surface area contributed by atoms with Crippen LogP contribution in [0.2, 0.25) is 5.02 Å². The molecule has 2 rings (SSSR count). The molecule has 4 nitrogen and oxygen atoms in total. The summed E-state index contributed by atoms with van der Waals surface area (Å²) in [5.74, 6) is -0.256. The monoisotopic (exact) mass is 311 g/mol. The smallest absolute Gasteiger partial charge is 0.307 e. The lowest BCUT2D eigenvalue weighted by Crippen LogP contribution is -2.38. The third kappa shape index (κ3) is 4.61. The molecule has 1 fully saturated rings. The summed E-state index contributed by atoms with van der Waals surface area (Å²) in [7, 11) is 0. The van der Waals surface area contributed by atoms with Gasteiger partial charge >= 0.3 is 5.97 Å². The topological polar surface area (TPSA) is 49.8 Å². The lowest BCUT2D eigenvalue weighted by Gasteiger charge is -2.30. The molecule has 1 atom stereocenters. The van der Waals surface area contributed by atoms with E-state index in [0.29, 0.717) is 17.3 Å². The minimum absolute atomic E-state index is 0.0896. The summed E-state index contributed by atoms with van der Waals surface area (Å²) >= 11 is 6.23. The van der Waals surface area contributed by atoms with Gasteiger partial charge < -0.3 is 9.84 Å². The van der Waals surface area contributed by atoms with Crippen LogP contribution in [-0.4, -0.2) is 35.2 Å². The van der Waals surface area contributed by atoms with Crippen LogP contribution in [0.5, 0.6) is 5.75 Å². The number of ether oxygens (including phenoxy) is 1. The minimum atomic E-state index is -0.696. The fraction of sp³-hybridized carbons (Fsp3) is 0.562. The fourth-order valence-corrected chi connectivity index (χ4v) is 2.90. The zero-order valence-corrected chi connectivity index (χ0v) is 13.3. The summed E-state index contributed by atoms with van der Waals surface area (Å²) in [4.78, 5) is 13.3. The van der Waals surface area contributed by atoms with E-state index in [-0.39, 0.29) is 12.0 Å². The van der Waals surface area contributed by atoms with E-state index in [1.54, 1.807) is 0 Å². The second-order valence-corrected chi connectivity index (χ2v) is 6.25. The van der Waals surface area contributed by atoms with Crippen molar-refractivity contribution in [3.8, 4) is 5.75 Å². The number of rotatable bonds is 5. The van der Waals surface area contributed by atoms with Crippen molar-refractivity contribution in [3.63, 3.8) is 0 Å². The third-order valence-corrected chi connectivity index (χ3v) is 3.92. The maximum Gasteiger partial charge on any atom is 0.307 e. The molecule has 1 aliphatic heterocycles. The van der Waals surface area contributed by atoms with E-state index in [1.807, 2.05) is 32.0 Å². The van der Waals surface area contributed by atoms with Gasteiger partial charge in [-0.05, 0) is 50.9 Å². The average molecular weight is 312 g/mol. The second-order valence-electron chi connectivity index (χ2n) is 5.84. The molecule has 1 aliphatic rings. The first-order chi connectivity index (χ1) is 9.95. The third-order valence-electron chi connectivity index (χ3n) is 3.62. The Morgan fingerprint density at radius 2 is 2.29 bits per heavy atom. The zero-order chi connectivity index (χ0) is 15.4. The van der Waals surface area contributed by atoms with E-state index in [0.717, 1.165) is 31.5 Å². The normalized spacial score (nSPS) is 19.7. The van der Waals surface area contributed by atoms with Gasteiger partial charge in [0.05, 0.1) is 17.0 Å². The van der Waals surface area contributed by atoms with Gasteiger partial charge in [-0.15, -0.1) is 0 Å². The fourth-order valence-electron chi connectivity index (χ4n) is 2.65. The van der Waals surface area contributed by atoms with Gasteiger partial charge in [0, 0.05) is 13.1 Å². The molecule has 0 radical (unpaired) electrons. The first-order valence-corrected chi connectivity index (χ1v) is 7.73. The summed E-state index contributed by atoms with van der Waals surface area (Å²) in [6, 6.07) is 5.79. The first kappa shape index (κ1) is 16.1. The molecule has 5 heteroatoms. The maximum absolute atomic E-state index is 11.1. The number of nitrogens with zero attached hydrogens (tertiary/aromatic N) is 1. The van der Waals surface area contributed by atoms with Gasteiger partial charge in [-0.25, -0.2) is 0 Å². The number of aliphatic carboxylic acids is 1. The number of halogens is 1. The Kier molecular flexibility index (Phi) is 5.48. The molecular formula is C16H22ClNO3. The molecule has 1 aromatic rings. The highest BCUT2D eigenvalue weighted by molar-refractivity contribution is 6.32. The van der Waals surface area contributed by atoms with Crippen LogP contribution in [0.15, 0.2) is 18.2 Å². The molecule has 0 spiro atoms. The molecule has 1 N–H and O–H groups in total. The molecule has 1 aromatic carbocycles. The van der Waals surface area contributed by atoms with Crippen molar-refractivity contribution < 1.29 is 14.6 Å². The van der Waals surface area contributed by atoms with Crippen LogP contribution in [0, 0.1) is 5.92 Å². The van der Waals surface area contributed by atoms with Crippen LogP contribution >= 0.6 is 11.6 Å². The molecule has 0 bridgehead atoms. The number of benzene rings is 1. The number of carboxylic acids is 1. The van der Waals surface area contributed by atoms with Crippen LogP contribution in [0.1, 0.15) is 32.3 Å². The predicted octanol–water partition coefficient (Wildman–Crippen LogP) is 3.42. The Morgan fingerprint density at radius 3 is 2.90 bits per heavy atom. The number of piperidine rings is 1. The molecule has 1 unspecified atom stereocenters. The van der Waals surface area contributed by atoms with Gasteiger partial charge in [0.15, 0.2) is 0 Å². The summed E-state index contributed by atoms with van der Waals surface area (Å²) < 4.78 is 5.62. The molecule has 0 amide bonds. The lowest BCUT2D eigenvalue weighted by molar-refractivity contribution is -0.143. The predicted molar refractivity (Wildman–Crippen MR) is 82.9 cm³/mol. The summed E-state index contributed by atoms with van der Waals surface area (Å²) in [6.45, 7) is 6.20. The molecule has 1 saturated heterocycles. The van der Waals surface area contributed by atoms with Crippen LogP contribution in [0.4, 0.5) is 0 Å². The highest BCUT2D eigenvalue weighted by atomic mass is 35.5. The Bertz CT molecular complexity index is 504. The van der Waals surface area contributed by atoms with Crippen LogP contribution in [-0.2, 0) is 11.3 Å².